The lowest BCUT2D eigenvalue weighted by Gasteiger charge is -2.35. The van der Waals surface area contributed by atoms with E-state index in [0.29, 0.717) is 32.8 Å². The third kappa shape index (κ3) is 5.30. The largest absolute Gasteiger partial charge is 0.368 e. The maximum atomic E-state index is 12.4. The number of nitrogens with zero attached hydrogens (tertiary/aromatic N) is 2. The third-order valence-corrected chi connectivity index (χ3v) is 5.04. The maximum Gasteiger partial charge on any atom is 0.251 e. The molecule has 4 amide bonds. The van der Waals surface area contributed by atoms with Gasteiger partial charge in [0.05, 0.1) is 6.54 Å². The second-order valence-corrected chi connectivity index (χ2v) is 7.18. The molecular weight excluding hydrogens is 378 g/mol. The molecule has 1 unspecified atom stereocenters. The van der Waals surface area contributed by atoms with Crippen LogP contribution in [-0.2, 0) is 14.3 Å². The number of carbonyl (C=O) groups is 4. The number of hydrogen-bond acceptors (Lipinski definition) is 6. The smallest absolute Gasteiger partial charge is 0.251 e. The van der Waals surface area contributed by atoms with Gasteiger partial charge in [-0.05, 0) is 31.0 Å². The molecule has 2 aliphatic rings. The van der Waals surface area contributed by atoms with Gasteiger partial charge < -0.3 is 26.4 Å². The van der Waals surface area contributed by atoms with Crippen LogP contribution in [0.25, 0.3) is 0 Å². The van der Waals surface area contributed by atoms with E-state index in [9.17, 15) is 19.2 Å². The standard InChI is InChI=1S/C19H25N5O5/c20-17(26)12-8-13(18(21)27)10-14(9-12)22-16(25)11-23-3-5-24(6-4-23)19(28)15-2-1-7-29-15/h8-10,15H,1-7,11H2,(H2,20,26)(H2,21,27)(H,22,25). The minimum absolute atomic E-state index is 0.0221. The van der Waals surface area contributed by atoms with Crippen molar-refractivity contribution in [1.29, 1.82) is 0 Å². The van der Waals surface area contributed by atoms with E-state index < -0.39 is 11.8 Å². The molecule has 2 aliphatic heterocycles. The van der Waals surface area contributed by atoms with Gasteiger partial charge in [0.15, 0.2) is 0 Å². The van der Waals surface area contributed by atoms with Gasteiger partial charge in [-0.1, -0.05) is 0 Å². The third-order valence-electron chi connectivity index (χ3n) is 5.04. The number of ether oxygens (including phenoxy) is 1. The van der Waals surface area contributed by atoms with E-state index in [4.69, 9.17) is 16.2 Å². The lowest BCUT2D eigenvalue weighted by atomic mass is 10.1. The van der Waals surface area contributed by atoms with Crippen LogP contribution in [-0.4, -0.2) is 78.9 Å². The topological polar surface area (TPSA) is 148 Å². The van der Waals surface area contributed by atoms with Gasteiger partial charge >= 0.3 is 0 Å². The minimum Gasteiger partial charge on any atom is -0.368 e. The van der Waals surface area contributed by atoms with Crippen molar-refractivity contribution in [1.82, 2.24) is 9.80 Å². The normalized spacial score (nSPS) is 19.7. The Kier molecular flexibility index (Phi) is 6.45. The van der Waals surface area contributed by atoms with Gasteiger partial charge in [0.2, 0.25) is 17.7 Å². The zero-order chi connectivity index (χ0) is 21.0. The molecule has 1 aromatic rings. The highest BCUT2D eigenvalue weighted by atomic mass is 16.5. The molecule has 1 atom stereocenters. The second-order valence-electron chi connectivity index (χ2n) is 7.18. The zero-order valence-corrected chi connectivity index (χ0v) is 16.1. The van der Waals surface area contributed by atoms with Crippen LogP contribution < -0.4 is 16.8 Å². The Bertz CT molecular complexity index is 781. The predicted molar refractivity (Wildman–Crippen MR) is 104 cm³/mol. The molecule has 0 radical (unpaired) electrons. The monoisotopic (exact) mass is 403 g/mol. The first-order valence-electron chi connectivity index (χ1n) is 9.51. The number of anilines is 1. The number of nitrogens with two attached hydrogens (primary N) is 2. The van der Waals surface area contributed by atoms with Crippen molar-refractivity contribution in [2.24, 2.45) is 11.5 Å². The molecule has 0 bridgehead atoms. The fourth-order valence-corrected chi connectivity index (χ4v) is 3.49. The summed E-state index contributed by atoms with van der Waals surface area (Å²) in [5.74, 6) is -1.74. The minimum atomic E-state index is -0.726. The van der Waals surface area contributed by atoms with E-state index in [-0.39, 0.29) is 41.3 Å². The van der Waals surface area contributed by atoms with Crippen LogP contribution in [0.3, 0.4) is 0 Å². The van der Waals surface area contributed by atoms with Crippen LogP contribution in [0.4, 0.5) is 5.69 Å². The van der Waals surface area contributed by atoms with Gasteiger partial charge in [0.25, 0.3) is 5.91 Å². The highest BCUT2D eigenvalue weighted by molar-refractivity contribution is 6.02. The first kappa shape index (κ1) is 20.7. The van der Waals surface area contributed by atoms with Crippen molar-refractivity contribution < 1.29 is 23.9 Å². The van der Waals surface area contributed by atoms with Crippen molar-refractivity contribution in [3.05, 3.63) is 29.3 Å². The van der Waals surface area contributed by atoms with E-state index in [1.807, 2.05) is 4.90 Å². The molecule has 3 rings (SSSR count). The molecule has 0 saturated carbocycles. The summed E-state index contributed by atoms with van der Waals surface area (Å²) in [4.78, 5) is 51.3. The Morgan fingerprint density at radius 1 is 1.00 bits per heavy atom. The highest BCUT2D eigenvalue weighted by Gasteiger charge is 2.30. The van der Waals surface area contributed by atoms with Crippen molar-refractivity contribution in [3.8, 4) is 0 Å². The summed E-state index contributed by atoms with van der Waals surface area (Å²) in [6.45, 7) is 2.96. The van der Waals surface area contributed by atoms with Gasteiger partial charge in [-0.3, -0.25) is 24.1 Å². The van der Waals surface area contributed by atoms with Crippen LogP contribution >= 0.6 is 0 Å². The molecule has 0 spiro atoms. The molecule has 10 nitrogen and oxygen atoms in total. The fourth-order valence-electron chi connectivity index (χ4n) is 3.49. The van der Waals surface area contributed by atoms with Gasteiger partial charge in [-0.25, -0.2) is 0 Å². The van der Waals surface area contributed by atoms with Gasteiger partial charge in [0, 0.05) is 49.6 Å². The van der Waals surface area contributed by atoms with Crippen LogP contribution in [0.5, 0.6) is 0 Å². The lowest BCUT2D eigenvalue weighted by molar-refractivity contribution is -0.142. The molecular formula is C19H25N5O5. The molecule has 10 heteroatoms. The molecule has 0 aliphatic carbocycles. The summed E-state index contributed by atoms with van der Waals surface area (Å²) in [5, 5.41) is 2.66. The number of piperazine rings is 1. The number of rotatable bonds is 6. The first-order chi connectivity index (χ1) is 13.8. The van der Waals surface area contributed by atoms with Crippen LogP contribution in [0.1, 0.15) is 33.6 Å². The van der Waals surface area contributed by atoms with Gasteiger partial charge in [-0.15, -0.1) is 0 Å². The number of amides is 4. The summed E-state index contributed by atoms with van der Waals surface area (Å²) in [6, 6.07) is 4.07. The summed E-state index contributed by atoms with van der Waals surface area (Å²) >= 11 is 0. The molecule has 2 heterocycles. The van der Waals surface area contributed by atoms with Crippen molar-refractivity contribution in [2.45, 2.75) is 18.9 Å². The Balaban J connectivity index is 1.53. The summed E-state index contributed by atoms with van der Waals surface area (Å²) < 4.78 is 5.44. The average Bonchev–Trinajstić information content (AvgIpc) is 3.22. The van der Waals surface area contributed by atoms with E-state index >= 15 is 0 Å². The van der Waals surface area contributed by atoms with Gasteiger partial charge in [0.1, 0.15) is 6.10 Å². The Morgan fingerprint density at radius 2 is 1.62 bits per heavy atom. The van der Waals surface area contributed by atoms with Crippen molar-refractivity contribution >= 4 is 29.3 Å². The van der Waals surface area contributed by atoms with E-state index in [1.165, 1.54) is 18.2 Å². The maximum absolute atomic E-state index is 12.4. The Labute approximate surface area is 168 Å². The molecule has 2 fully saturated rings. The van der Waals surface area contributed by atoms with Crippen LogP contribution in [0, 0.1) is 0 Å². The van der Waals surface area contributed by atoms with Crippen molar-refractivity contribution in [2.75, 3.05) is 44.6 Å². The number of nitrogens with one attached hydrogen (secondary N) is 1. The van der Waals surface area contributed by atoms with Crippen molar-refractivity contribution in [3.63, 3.8) is 0 Å². The second kappa shape index (κ2) is 9.01. The van der Waals surface area contributed by atoms with E-state index in [1.54, 1.807) is 4.90 Å². The fraction of sp³-hybridized carbons (Fsp3) is 0.474. The zero-order valence-electron chi connectivity index (χ0n) is 16.1. The van der Waals surface area contributed by atoms with Crippen LogP contribution in [0.2, 0.25) is 0 Å². The Morgan fingerprint density at radius 3 is 2.14 bits per heavy atom. The van der Waals surface area contributed by atoms with E-state index in [0.717, 1.165) is 12.8 Å². The van der Waals surface area contributed by atoms with E-state index in [2.05, 4.69) is 5.32 Å². The van der Waals surface area contributed by atoms with Gasteiger partial charge in [-0.2, -0.15) is 0 Å². The molecule has 1 aromatic carbocycles. The average molecular weight is 403 g/mol. The molecule has 29 heavy (non-hydrogen) atoms. The first-order valence-corrected chi connectivity index (χ1v) is 9.51. The SMILES string of the molecule is NC(=O)c1cc(NC(=O)CN2CCN(C(=O)C3CCCO3)CC2)cc(C(N)=O)c1. The molecule has 0 aromatic heterocycles. The molecule has 2 saturated heterocycles. The lowest BCUT2D eigenvalue weighted by Crippen LogP contribution is -2.52. The highest BCUT2D eigenvalue weighted by Crippen LogP contribution is 2.17. The number of benzene rings is 1. The number of carbonyl (C=O) groups excluding carboxylic acids is 4. The summed E-state index contributed by atoms with van der Waals surface area (Å²) in [6.07, 6.45) is 1.34. The number of primary amides is 2. The quantitative estimate of drug-likeness (QED) is 0.563. The molecule has 5 N–H and O–H groups in total. The summed E-state index contributed by atoms with van der Waals surface area (Å²) in [7, 11) is 0. The summed E-state index contributed by atoms with van der Waals surface area (Å²) in [5.41, 5.74) is 11.0. The Hall–Kier alpha value is -2.98. The van der Waals surface area contributed by atoms with Crippen LogP contribution in [0.15, 0.2) is 18.2 Å². The number of hydrogen-bond donors (Lipinski definition) is 3. The predicted octanol–water partition coefficient (Wildman–Crippen LogP) is -0.854. The molecule has 156 valence electrons.